The molecule has 4 rings (SSSR count). The Morgan fingerprint density at radius 3 is 2.16 bits per heavy atom. The second kappa shape index (κ2) is 8.26. The largest absolute Gasteiger partial charge is 0.507 e. The van der Waals surface area contributed by atoms with Gasteiger partial charge in [-0.05, 0) is 74.0 Å². The summed E-state index contributed by atoms with van der Waals surface area (Å²) >= 11 is 0. The monoisotopic (exact) mass is 433 g/mol. The second-order valence-corrected chi connectivity index (χ2v) is 7.50. The number of aryl methyl sites for hydroxylation is 2. The number of methoxy groups -OCH3 is 2. The van der Waals surface area contributed by atoms with Crippen molar-refractivity contribution in [2.75, 3.05) is 19.1 Å². The highest BCUT2D eigenvalue weighted by Gasteiger charge is 2.48. The van der Waals surface area contributed by atoms with E-state index in [-0.39, 0.29) is 11.3 Å². The molecule has 164 valence electrons. The number of hydrogen-bond donors (Lipinski definition) is 1. The summed E-state index contributed by atoms with van der Waals surface area (Å²) in [6, 6.07) is 14.4. The van der Waals surface area contributed by atoms with Crippen LogP contribution in [0.2, 0.25) is 0 Å². The van der Waals surface area contributed by atoms with Gasteiger partial charge in [-0.3, -0.25) is 14.5 Å². The number of aliphatic hydroxyl groups is 1. The fourth-order valence-electron chi connectivity index (χ4n) is 3.89. The number of aliphatic hydroxyl groups excluding tert-OH is 1. The number of carbonyl (C=O) groups is 2. The zero-order valence-corrected chi connectivity index (χ0v) is 18.2. The minimum atomic E-state index is -0.918. The molecule has 1 unspecified atom stereocenters. The number of ketones is 1. The molecule has 1 saturated heterocycles. The Balaban J connectivity index is 1.91. The average Bonchev–Trinajstić information content (AvgIpc) is 3.34. The van der Waals surface area contributed by atoms with E-state index < -0.39 is 17.7 Å². The molecule has 7 heteroatoms. The zero-order valence-electron chi connectivity index (χ0n) is 18.2. The van der Waals surface area contributed by atoms with Gasteiger partial charge in [0.25, 0.3) is 11.7 Å². The second-order valence-electron chi connectivity index (χ2n) is 7.50. The van der Waals surface area contributed by atoms with E-state index in [0.717, 1.165) is 0 Å². The van der Waals surface area contributed by atoms with Gasteiger partial charge in [0.1, 0.15) is 34.8 Å². The first kappa shape index (κ1) is 21.2. The van der Waals surface area contributed by atoms with Crippen molar-refractivity contribution in [2.45, 2.75) is 19.9 Å². The number of ether oxygens (including phenoxy) is 2. The first-order valence-electron chi connectivity index (χ1n) is 10.0. The predicted octanol–water partition coefficient (Wildman–Crippen LogP) is 4.54. The van der Waals surface area contributed by atoms with Crippen LogP contribution < -0.4 is 14.4 Å². The van der Waals surface area contributed by atoms with Gasteiger partial charge in [0.2, 0.25) is 0 Å². The van der Waals surface area contributed by atoms with Crippen LogP contribution in [-0.4, -0.2) is 31.0 Å². The fourth-order valence-corrected chi connectivity index (χ4v) is 3.89. The third-order valence-electron chi connectivity index (χ3n) is 5.51. The molecule has 7 nitrogen and oxygen atoms in total. The van der Waals surface area contributed by atoms with Gasteiger partial charge in [0.05, 0.1) is 19.8 Å². The lowest BCUT2D eigenvalue weighted by atomic mass is 9.97. The van der Waals surface area contributed by atoms with Crippen LogP contribution in [0.4, 0.5) is 5.69 Å². The Morgan fingerprint density at radius 1 is 0.938 bits per heavy atom. The first-order valence-corrected chi connectivity index (χ1v) is 10.0. The van der Waals surface area contributed by atoms with Crippen LogP contribution in [0.3, 0.4) is 0 Å². The summed E-state index contributed by atoms with van der Waals surface area (Å²) in [6.07, 6.45) is 0. The van der Waals surface area contributed by atoms with Gasteiger partial charge in [-0.1, -0.05) is 0 Å². The molecule has 2 heterocycles. The van der Waals surface area contributed by atoms with Gasteiger partial charge in [-0.25, -0.2) is 0 Å². The normalized spacial score (nSPS) is 17.6. The van der Waals surface area contributed by atoms with E-state index in [1.165, 1.54) is 4.90 Å². The van der Waals surface area contributed by atoms with Crippen molar-refractivity contribution in [3.63, 3.8) is 0 Å². The van der Waals surface area contributed by atoms with Crippen molar-refractivity contribution in [3.05, 3.63) is 82.8 Å². The number of nitrogens with zero attached hydrogens (tertiary/aromatic N) is 1. The quantitative estimate of drug-likeness (QED) is 0.361. The van der Waals surface area contributed by atoms with Crippen LogP contribution in [0.15, 0.2) is 64.6 Å². The number of benzene rings is 2. The number of furan rings is 1. The first-order chi connectivity index (χ1) is 15.3. The average molecular weight is 433 g/mol. The standard InChI is InChI=1S/C25H23NO6/c1-14-13-18(31-4)10-11-19(14)23(27)21-22(20-12-5-15(2)32-20)26(25(29)24(21)28)16-6-8-17(30-3)9-7-16/h5-13,22,27H,1-4H3/b23-21-. The lowest BCUT2D eigenvalue weighted by molar-refractivity contribution is -0.132. The van der Waals surface area contributed by atoms with E-state index in [2.05, 4.69) is 0 Å². The summed E-state index contributed by atoms with van der Waals surface area (Å²) < 4.78 is 16.2. The van der Waals surface area contributed by atoms with Gasteiger partial charge in [0.15, 0.2) is 0 Å². The van der Waals surface area contributed by atoms with E-state index in [1.807, 2.05) is 0 Å². The molecule has 0 radical (unpaired) electrons. The number of anilines is 1. The smallest absolute Gasteiger partial charge is 0.300 e. The molecule has 2 aromatic carbocycles. The number of carbonyl (C=O) groups excluding carboxylic acids is 2. The van der Waals surface area contributed by atoms with Gasteiger partial charge in [0, 0.05) is 11.3 Å². The highest BCUT2D eigenvalue weighted by molar-refractivity contribution is 6.51. The Morgan fingerprint density at radius 2 is 1.59 bits per heavy atom. The van der Waals surface area contributed by atoms with Crippen LogP contribution in [0.1, 0.15) is 28.7 Å². The molecule has 1 fully saturated rings. The van der Waals surface area contributed by atoms with E-state index in [9.17, 15) is 14.7 Å². The highest BCUT2D eigenvalue weighted by Crippen LogP contribution is 2.43. The summed E-state index contributed by atoms with van der Waals surface area (Å²) in [6.45, 7) is 3.57. The summed E-state index contributed by atoms with van der Waals surface area (Å²) in [5.74, 6) is 0.444. The van der Waals surface area contributed by atoms with Crippen molar-refractivity contribution in [3.8, 4) is 11.5 Å². The third-order valence-corrected chi connectivity index (χ3v) is 5.51. The highest BCUT2D eigenvalue weighted by atomic mass is 16.5. The van der Waals surface area contributed by atoms with Crippen molar-refractivity contribution in [1.29, 1.82) is 0 Å². The zero-order chi connectivity index (χ0) is 23.0. The Bertz CT molecular complexity index is 1220. The molecule has 1 aliphatic rings. The topological polar surface area (TPSA) is 89.2 Å². The molecule has 32 heavy (non-hydrogen) atoms. The number of hydrogen-bond acceptors (Lipinski definition) is 6. The van der Waals surface area contributed by atoms with Crippen molar-refractivity contribution >= 4 is 23.1 Å². The number of rotatable bonds is 5. The molecule has 1 atom stereocenters. The van der Waals surface area contributed by atoms with Crippen molar-refractivity contribution < 1.29 is 28.6 Å². The fraction of sp³-hybridized carbons (Fsp3) is 0.200. The summed E-state index contributed by atoms with van der Waals surface area (Å²) in [4.78, 5) is 27.6. The van der Waals surface area contributed by atoms with Crippen LogP contribution >= 0.6 is 0 Å². The van der Waals surface area contributed by atoms with Gasteiger partial charge in [-0.2, -0.15) is 0 Å². The third kappa shape index (κ3) is 3.51. The maximum atomic E-state index is 13.2. The molecule has 3 aromatic rings. The molecule has 1 amide bonds. The summed E-state index contributed by atoms with van der Waals surface area (Å²) in [5.41, 5.74) is 1.59. The van der Waals surface area contributed by atoms with E-state index >= 15 is 0 Å². The van der Waals surface area contributed by atoms with Gasteiger partial charge < -0.3 is 19.0 Å². The molecular formula is C25H23NO6. The molecule has 0 bridgehead atoms. The van der Waals surface area contributed by atoms with Crippen molar-refractivity contribution in [2.24, 2.45) is 0 Å². The maximum absolute atomic E-state index is 13.2. The van der Waals surface area contributed by atoms with E-state index in [0.29, 0.717) is 39.8 Å². The van der Waals surface area contributed by atoms with Crippen molar-refractivity contribution in [1.82, 2.24) is 0 Å². The Hall–Kier alpha value is -4.00. The SMILES string of the molecule is COc1ccc(N2C(=O)C(=O)/C(=C(\O)c3ccc(OC)cc3C)C2c2ccc(C)o2)cc1. The van der Waals surface area contributed by atoms with Crippen LogP contribution in [0.5, 0.6) is 11.5 Å². The summed E-state index contributed by atoms with van der Waals surface area (Å²) in [5, 5.41) is 11.2. The van der Waals surface area contributed by atoms with E-state index in [1.54, 1.807) is 82.7 Å². The predicted molar refractivity (Wildman–Crippen MR) is 119 cm³/mol. The minimum absolute atomic E-state index is 0.0339. The molecule has 0 saturated carbocycles. The van der Waals surface area contributed by atoms with Crippen LogP contribution in [0.25, 0.3) is 5.76 Å². The number of Topliss-reactive ketones (excluding diaryl/α,β-unsaturated/α-hetero) is 1. The van der Waals surface area contributed by atoms with Crippen LogP contribution in [-0.2, 0) is 9.59 Å². The number of amides is 1. The minimum Gasteiger partial charge on any atom is -0.507 e. The Kier molecular flexibility index (Phi) is 5.48. The Labute approximate surface area is 185 Å². The molecule has 1 N–H and O–H groups in total. The van der Waals surface area contributed by atoms with Gasteiger partial charge >= 0.3 is 0 Å². The maximum Gasteiger partial charge on any atom is 0.300 e. The molecule has 0 aliphatic carbocycles. The molecule has 1 aliphatic heterocycles. The molecule has 0 spiro atoms. The molecule has 1 aromatic heterocycles. The van der Waals surface area contributed by atoms with Gasteiger partial charge in [-0.15, -0.1) is 0 Å². The lowest BCUT2D eigenvalue weighted by Gasteiger charge is -2.23. The molecular weight excluding hydrogens is 410 g/mol. The summed E-state index contributed by atoms with van der Waals surface area (Å²) in [7, 11) is 3.10. The lowest BCUT2D eigenvalue weighted by Crippen LogP contribution is -2.29. The van der Waals surface area contributed by atoms with E-state index in [4.69, 9.17) is 13.9 Å². The van der Waals surface area contributed by atoms with Crippen LogP contribution in [0, 0.1) is 13.8 Å².